The Kier molecular flexibility index (Phi) is 52.1. The van der Waals surface area contributed by atoms with Crippen molar-refractivity contribution in [3.8, 4) is 0 Å². The van der Waals surface area contributed by atoms with Gasteiger partial charge in [-0.2, -0.15) is 0 Å². The molecule has 0 aromatic heterocycles. The van der Waals surface area contributed by atoms with E-state index in [-0.39, 0.29) is 18.9 Å². The SMILES string of the molecule is CC/C=C\C/C=C\C/C=C\C/C=C\C/C=C\C/C=C\C/C=C\C/C=C\C/C=C\C/C=C\C/C=C\CCCCCCCC(=O)NC(COC1OC(CO)C(OC2OC(CO)C(O)C(O)C2O)C(O)C1O)C(O)/C=C/CC/C=C/CCCCCCCCCCCC. The van der Waals surface area contributed by atoms with Gasteiger partial charge in [0.25, 0.3) is 0 Å². The fraction of sp³-hybridized carbons (Fsp3) is 0.640. The third kappa shape index (κ3) is 41.7. The van der Waals surface area contributed by atoms with E-state index < -0.39 is 86.8 Å². The van der Waals surface area contributed by atoms with E-state index in [2.05, 4.69) is 165 Å². The summed E-state index contributed by atoms with van der Waals surface area (Å²) >= 11 is 0. The van der Waals surface area contributed by atoms with Crippen molar-refractivity contribution in [1.82, 2.24) is 5.32 Å². The fourth-order valence-corrected chi connectivity index (χ4v) is 10.0. The number of allylic oxidation sites excluding steroid dienone is 25. The van der Waals surface area contributed by atoms with Crippen LogP contribution in [0.2, 0.25) is 0 Å². The molecule has 9 N–H and O–H groups in total. The Bertz CT molecular complexity index is 2100. The molecule has 504 valence electrons. The van der Waals surface area contributed by atoms with E-state index in [9.17, 15) is 45.6 Å². The van der Waals surface area contributed by atoms with Gasteiger partial charge in [0.2, 0.25) is 5.91 Å². The van der Waals surface area contributed by atoms with Crippen molar-refractivity contribution in [3.05, 3.63) is 158 Å². The first-order chi connectivity index (χ1) is 43.6. The van der Waals surface area contributed by atoms with Gasteiger partial charge < -0.3 is 65.1 Å². The highest BCUT2D eigenvalue weighted by atomic mass is 16.7. The normalized spacial score (nSPS) is 24.1. The van der Waals surface area contributed by atoms with Crippen LogP contribution in [-0.4, -0.2) is 140 Å². The summed E-state index contributed by atoms with van der Waals surface area (Å²) in [7, 11) is 0. The number of aliphatic hydroxyl groups is 8. The first kappa shape index (κ1) is 80.7. The molecule has 0 radical (unpaired) electrons. The molecule has 2 rings (SSSR count). The zero-order chi connectivity index (χ0) is 64.5. The van der Waals surface area contributed by atoms with E-state index in [4.69, 9.17) is 18.9 Å². The molecule has 12 unspecified atom stereocenters. The maximum absolute atomic E-state index is 13.3. The number of hydrogen-bond acceptors (Lipinski definition) is 13. The number of nitrogens with one attached hydrogen (secondary N) is 1. The smallest absolute Gasteiger partial charge is 0.220 e. The maximum Gasteiger partial charge on any atom is 0.220 e. The molecule has 89 heavy (non-hydrogen) atoms. The lowest BCUT2D eigenvalue weighted by Gasteiger charge is -2.46. The second kappa shape index (κ2) is 57.5. The van der Waals surface area contributed by atoms with Crippen LogP contribution in [0.15, 0.2) is 158 Å². The van der Waals surface area contributed by atoms with Crippen LogP contribution < -0.4 is 5.32 Å². The minimum Gasteiger partial charge on any atom is -0.394 e. The third-order valence-corrected chi connectivity index (χ3v) is 15.4. The average Bonchev–Trinajstić information content (AvgIpc) is 2.55. The van der Waals surface area contributed by atoms with Gasteiger partial charge in [0.15, 0.2) is 12.6 Å². The van der Waals surface area contributed by atoms with E-state index in [0.717, 1.165) is 116 Å². The first-order valence-corrected chi connectivity index (χ1v) is 34.2. The van der Waals surface area contributed by atoms with Crippen LogP contribution in [0.4, 0.5) is 0 Å². The number of unbranched alkanes of at least 4 members (excludes halogenated alkanes) is 16. The number of amides is 1. The number of ether oxygens (including phenoxy) is 4. The standard InChI is InChI=1S/C75H121NO13/c1-3-5-7-9-11-13-15-17-19-21-22-23-24-25-26-27-28-29-30-31-32-33-34-35-36-37-38-39-40-41-42-43-45-47-49-51-53-55-57-59-67(80)76-63(64(79)58-56-54-52-50-48-46-44-20-18-16-14-12-10-8-6-4-2)62-86-74-72(85)70(83)73(66(61-78)88-74)89-75-71(84)69(82)68(81)65(60-77)87-75/h5,7,11,13,17,19,22-23,25-26,28-29,31-32,34-35,37-38,40-41,43,45,48,50,56,58,63-66,68-75,77-79,81-85H,3-4,6,8-10,12,14-16,18,20-21,24,27,30,33,36,39,42,44,46-47,49,51-55,57,59-62H2,1-2H3,(H,76,80)/b7-5-,13-11-,19-17-,23-22-,26-25-,29-28-,32-31-,35-34-,38-37-,41-40-,45-43-,50-48+,58-56+. The highest BCUT2D eigenvalue weighted by Gasteiger charge is 2.51. The Balaban J connectivity index is 1.68. The molecule has 2 aliphatic heterocycles. The van der Waals surface area contributed by atoms with Crippen molar-refractivity contribution in [2.75, 3.05) is 19.8 Å². The average molecular weight is 1240 g/mol. The largest absolute Gasteiger partial charge is 0.394 e. The lowest BCUT2D eigenvalue weighted by Crippen LogP contribution is -2.65. The summed E-state index contributed by atoms with van der Waals surface area (Å²) in [5.74, 6) is -0.275. The molecule has 1 amide bonds. The van der Waals surface area contributed by atoms with Crippen molar-refractivity contribution < 1.29 is 64.6 Å². The van der Waals surface area contributed by atoms with Gasteiger partial charge in [0.1, 0.15) is 48.8 Å². The summed E-state index contributed by atoms with van der Waals surface area (Å²) in [5.41, 5.74) is 0. The summed E-state index contributed by atoms with van der Waals surface area (Å²) in [4.78, 5) is 13.3. The van der Waals surface area contributed by atoms with Crippen molar-refractivity contribution in [3.63, 3.8) is 0 Å². The second-order valence-electron chi connectivity index (χ2n) is 23.2. The van der Waals surface area contributed by atoms with Gasteiger partial charge in [0.05, 0.1) is 32.0 Å². The molecule has 2 fully saturated rings. The lowest BCUT2D eigenvalue weighted by molar-refractivity contribution is -0.359. The number of carbonyl (C=O) groups is 1. The Morgan fingerprint density at radius 3 is 1.24 bits per heavy atom. The van der Waals surface area contributed by atoms with E-state index in [1.54, 1.807) is 6.08 Å². The zero-order valence-corrected chi connectivity index (χ0v) is 54.6. The molecular weight excluding hydrogens is 1120 g/mol. The number of aliphatic hydroxyl groups excluding tert-OH is 8. The number of carbonyl (C=O) groups excluding carboxylic acids is 1. The van der Waals surface area contributed by atoms with Gasteiger partial charge in [-0.25, -0.2) is 0 Å². The minimum absolute atomic E-state index is 0.240. The Labute approximate surface area is 537 Å². The van der Waals surface area contributed by atoms with Gasteiger partial charge in [-0.1, -0.05) is 249 Å². The molecule has 0 aromatic rings. The molecule has 12 atom stereocenters. The van der Waals surface area contributed by atoms with Crippen LogP contribution in [0.25, 0.3) is 0 Å². The molecule has 14 heteroatoms. The molecule has 2 saturated heterocycles. The number of hydrogen-bond donors (Lipinski definition) is 9. The van der Waals surface area contributed by atoms with E-state index >= 15 is 0 Å². The van der Waals surface area contributed by atoms with E-state index in [0.29, 0.717) is 12.8 Å². The Morgan fingerprint density at radius 1 is 0.416 bits per heavy atom. The van der Waals surface area contributed by atoms with Crippen molar-refractivity contribution in [1.29, 1.82) is 0 Å². The first-order valence-electron chi connectivity index (χ1n) is 34.2. The molecule has 0 spiro atoms. The van der Waals surface area contributed by atoms with E-state index in [1.807, 2.05) is 6.08 Å². The van der Waals surface area contributed by atoms with Gasteiger partial charge in [-0.3, -0.25) is 4.79 Å². The van der Waals surface area contributed by atoms with Crippen LogP contribution in [0, 0.1) is 0 Å². The second-order valence-corrected chi connectivity index (χ2v) is 23.2. The molecule has 0 aliphatic carbocycles. The summed E-state index contributed by atoms with van der Waals surface area (Å²) in [6.45, 7) is 2.63. The summed E-state index contributed by atoms with van der Waals surface area (Å²) < 4.78 is 22.8. The highest BCUT2D eigenvalue weighted by molar-refractivity contribution is 5.76. The van der Waals surface area contributed by atoms with Gasteiger partial charge in [0, 0.05) is 6.42 Å². The highest BCUT2D eigenvalue weighted by Crippen LogP contribution is 2.30. The monoisotopic (exact) mass is 1240 g/mol. The van der Waals surface area contributed by atoms with Crippen LogP contribution >= 0.6 is 0 Å². The molecule has 0 aromatic carbocycles. The fourth-order valence-electron chi connectivity index (χ4n) is 10.0. The minimum atomic E-state index is -1.80. The summed E-state index contributed by atoms with van der Waals surface area (Å²) in [6, 6.07) is -0.954. The van der Waals surface area contributed by atoms with Gasteiger partial charge >= 0.3 is 0 Å². The summed E-state index contributed by atoms with van der Waals surface area (Å²) in [6.07, 6.45) is 71.5. The zero-order valence-electron chi connectivity index (χ0n) is 54.6. The van der Waals surface area contributed by atoms with Crippen molar-refractivity contribution in [2.45, 2.75) is 286 Å². The topological polar surface area (TPSA) is 228 Å². The van der Waals surface area contributed by atoms with E-state index in [1.165, 1.54) is 64.2 Å². The Hall–Kier alpha value is -4.39. The lowest BCUT2D eigenvalue weighted by atomic mass is 9.97. The molecule has 2 aliphatic rings. The quantitative estimate of drug-likeness (QED) is 0.0204. The maximum atomic E-state index is 13.3. The summed E-state index contributed by atoms with van der Waals surface area (Å²) in [5, 5.41) is 87.2. The van der Waals surface area contributed by atoms with Crippen LogP contribution in [0.1, 0.15) is 213 Å². The third-order valence-electron chi connectivity index (χ3n) is 15.4. The molecule has 2 heterocycles. The molecular formula is C75H121NO13. The van der Waals surface area contributed by atoms with Crippen LogP contribution in [-0.2, 0) is 23.7 Å². The molecule has 14 nitrogen and oxygen atoms in total. The van der Waals surface area contributed by atoms with Crippen LogP contribution in [0.5, 0.6) is 0 Å². The Morgan fingerprint density at radius 2 is 0.787 bits per heavy atom. The van der Waals surface area contributed by atoms with Crippen LogP contribution in [0.3, 0.4) is 0 Å². The van der Waals surface area contributed by atoms with Crippen molar-refractivity contribution in [2.24, 2.45) is 0 Å². The number of rotatable bonds is 53. The van der Waals surface area contributed by atoms with Crippen molar-refractivity contribution >= 4 is 5.91 Å². The van der Waals surface area contributed by atoms with Gasteiger partial charge in [-0.15, -0.1) is 0 Å². The molecule has 0 saturated carbocycles. The molecule has 0 bridgehead atoms. The predicted octanol–water partition coefficient (Wildman–Crippen LogP) is 13.8. The predicted molar refractivity (Wildman–Crippen MR) is 364 cm³/mol. The van der Waals surface area contributed by atoms with Gasteiger partial charge in [-0.05, 0) is 116 Å².